The summed E-state index contributed by atoms with van der Waals surface area (Å²) in [6.07, 6.45) is 1.61. The van der Waals surface area contributed by atoms with Crippen molar-refractivity contribution in [1.29, 1.82) is 0 Å². The molecule has 2 heterocycles. The van der Waals surface area contributed by atoms with Gasteiger partial charge in [0.25, 0.3) is 0 Å². The number of rotatable bonds is 4. The van der Waals surface area contributed by atoms with E-state index >= 15 is 0 Å². The first-order valence-corrected chi connectivity index (χ1v) is 7.15. The number of carbonyl (C=O) groups excluding carboxylic acids is 1. The maximum absolute atomic E-state index is 11.5. The van der Waals surface area contributed by atoms with Crippen LogP contribution < -0.4 is 20.1 Å². The molecule has 1 aromatic carbocycles. The molecular weight excluding hydrogens is 290 g/mol. The number of ether oxygens (including phenoxy) is 2. The van der Waals surface area contributed by atoms with Gasteiger partial charge < -0.3 is 14.8 Å². The van der Waals surface area contributed by atoms with E-state index in [1.54, 1.807) is 6.08 Å². The standard InChI is InChI=1S/C14H13N3O3S/c1-2-5-15-13(18)17-14-16-10(7-21-14)9-3-4-11-12(6-9)20-8-19-11/h2-4,6-7H,1,5,8H2,(H2,15,16,17,18). The minimum absolute atomic E-state index is 0.242. The van der Waals surface area contributed by atoms with Gasteiger partial charge in [-0.1, -0.05) is 6.08 Å². The first-order valence-electron chi connectivity index (χ1n) is 6.27. The number of nitrogens with one attached hydrogen (secondary N) is 2. The van der Waals surface area contributed by atoms with E-state index in [1.165, 1.54) is 11.3 Å². The highest BCUT2D eigenvalue weighted by molar-refractivity contribution is 7.14. The van der Waals surface area contributed by atoms with Gasteiger partial charge in [-0.3, -0.25) is 5.32 Å². The molecule has 0 unspecified atom stereocenters. The molecule has 1 aliphatic rings. The Bertz CT molecular complexity index is 684. The average Bonchev–Trinajstić information content (AvgIpc) is 3.12. The lowest BCUT2D eigenvalue weighted by molar-refractivity contribution is 0.174. The van der Waals surface area contributed by atoms with Gasteiger partial charge in [-0.2, -0.15) is 0 Å². The number of hydrogen-bond donors (Lipinski definition) is 2. The fraction of sp³-hybridized carbons (Fsp3) is 0.143. The van der Waals surface area contributed by atoms with Crippen LogP contribution in [0.15, 0.2) is 36.2 Å². The van der Waals surface area contributed by atoms with Gasteiger partial charge in [0.15, 0.2) is 16.6 Å². The fourth-order valence-corrected chi connectivity index (χ4v) is 2.54. The van der Waals surface area contributed by atoms with Gasteiger partial charge in [0, 0.05) is 17.5 Å². The summed E-state index contributed by atoms with van der Waals surface area (Å²) < 4.78 is 10.6. The van der Waals surface area contributed by atoms with Crippen molar-refractivity contribution in [3.05, 3.63) is 36.2 Å². The molecule has 0 radical (unpaired) electrons. The Balaban J connectivity index is 1.72. The molecule has 0 fully saturated rings. The topological polar surface area (TPSA) is 72.5 Å². The van der Waals surface area contributed by atoms with Crippen LogP contribution >= 0.6 is 11.3 Å². The molecule has 108 valence electrons. The van der Waals surface area contributed by atoms with E-state index in [2.05, 4.69) is 22.2 Å². The third kappa shape index (κ3) is 2.97. The third-order valence-electron chi connectivity index (χ3n) is 2.80. The zero-order valence-corrected chi connectivity index (χ0v) is 11.9. The van der Waals surface area contributed by atoms with E-state index in [1.807, 2.05) is 23.6 Å². The Labute approximate surface area is 125 Å². The molecule has 0 saturated carbocycles. The number of benzene rings is 1. The van der Waals surface area contributed by atoms with Crippen LogP contribution in [0.3, 0.4) is 0 Å². The monoisotopic (exact) mass is 303 g/mol. The van der Waals surface area contributed by atoms with Crippen molar-refractivity contribution < 1.29 is 14.3 Å². The van der Waals surface area contributed by atoms with Gasteiger partial charge in [-0.05, 0) is 18.2 Å². The molecule has 2 N–H and O–H groups in total. The summed E-state index contributed by atoms with van der Waals surface area (Å²) in [6, 6.07) is 5.32. The first-order chi connectivity index (χ1) is 10.3. The summed E-state index contributed by atoms with van der Waals surface area (Å²) in [5.74, 6) is 1.44. The minimum Gasteiger partial charge on any atom is -0.454 e. The zero-order chi connectivity index (χ0) is 14.7. The Morgan fingerprint density at radius 2 is 2.29 bits per heavy atom. The van der Waals surface area contributed by atoms with Crippen molar-refractivity contribution in [2.24, 2.45) is 0 Å². The van der Waals surface area contributed by atoms with Gasteiger partial charge in [-0.15, -0.1) is 17.9 Å². The molecule has 3 rings (SSSR count). The number of thiazole rings is 1. The molecule has 0 bridgehead atoms. The third-order valence-corrected chi connectivity index (χ3v) is 3.56. The maximum Gasteiger partial charge on any atom is 0.321 e. The largest absolute Gasteiger partial charge is 0.454 e. The number of anilines is 1. The van der Waals surface area contributed by atoms with Gasteiger partial charge >= 0.3 is 6.03 Å². The molecule has 0 aliphatic carbocycles. The van der Waals surface area contributed by atoms with Crippen molar-refractivity contribution in [2.75, 3.05) is 18.7 Å². The van der Waals surface area contributed by atoms with E-state index in [9.17, 15) is 4.79 Å². The summed E-state index contributed by atoms with van der Waals surface area (Å²) in [4.78, 5) is 15.9. The van der Waals surface area contributed by atoms with E-state index in [-0.39, 0.29) is 12.8 Å². The average molecular weight is 303 g/mol. The lowest BCUT2D eigenvalue weighted by Gasteiger charge is -2.02. The van der Waals surface area contributed by atoms with Gasteiger partial charge in [0.05, 0.1) is 5.69 Å². The first kappa shape index (κ1) is 13.4. The second-order valence-corrected chi connectivity index (χ2v) is 5.09. The minimum atomic E-state index is -0.304. The van der Waals surface area contributed by atoms with E-state index in [0.717, 1.165) is 17.0 Å². The van der Waals surface area contributed by atoms with E-state index < -0.39 is 0 Å². The highest BCUT2D eigenvalue weighted by Gasteiger charge is 2.15. The number of amides is 2. The maximum atomic E-state index is 11.5. The predicted molar refractivity (Wildman–Crippen MR) is 80.9 cm³/mol. The van der Waals surface area contributed by atoms with Crippen LogP contribution in [0.2, 0.25) is 0 Å². The fourth-order valence-electron chi connectivity index (χ4n) is 1.83. The Morgan fingerprint density at radius 3 is 3.14 bits per heavy atom. The number of urea groups is 1. The second-order valence-electron chi connectivity index (χ2n) is 4.23. The van der Waals surface area contributed by atoms with Crippen LogP contribution in [0.5, 0.6) is 11.5 Å². The molecule has 0 atom stereocenters. The van der Waals surface area contributed by atoms with E-state index in [0.29, 0.717) is 17.4 Å². The second kappa shape index (κ2) is 5.84. The molecule has 1 aliphatic heterocycles. The molecule has 0 saturated heterocycles. The van der Waals surface area contributed by atoms with Crippen molar-refractivity contribution in [3.8, 4) is 22.8 Å². The SMILES string of the molecule is C=CCNC(=O)Nc1nc(-c2ccc3c(c2)OCO3)cs1. The van der Waals surface area contributed by atoms with Crippen LogP contribution in [0.4, 0.5) is 9.93 Å². The number of fused-ring (bicyclic) bond motifs is 1. The van der Waals surface area contributed by atoms with Crippen molar-refractivity contribution in [3.63, 3.8) is 0 Å². The van der Waals surface area contributed by atoms with Crippen LogP contribution in [-0.2, 0) is 0 Å². The summed E-state index contributed by atoms with van der Waals surface area (Å²) in [7, 11) is 0. The quantitative estimate of drug-likeness (QED) is 0.852. The lowest BCUT2D eigenvalue weighted by Crippen LogP contribution is -2.28. The molecule has 7 heteroatoms. The smallest absolute Gasteiger partial charge is 0.321 e. The van der Waals surface area contributed by atoms with E-state index in [4.69, 9.17) is 9.47 Å². The Kier molecular flexibility index (Phi) is 3.74. The highest BCUT2D eigenvalue weighted by Crippen LogP contribution is 2.36. The van der Waals surface area contributed by atoms with Crippen LogP contribution in [0.25, 0.3) is 11.3 Å². The number of carbonyl (C=O) groups is 1. The Hall–Kier alpha value is -2.54. The molecule has 21 heavy (non-hydrogen) atoms. The van der Waals surface area contributed by atoms with Crippen LogP contribution in [0, 0.1) is 0 Å². The summed E-state index contributed by atoms with van der Waals surface area (Å²) >= 11 is 1.36. The van der Waals surface area contributed by atoms with Crippen molar-refractivity contribution in [2.45, 2.75) is 0 Å². The predicted octanol–water partition coefficient (Wildman–Crippen LogP) is 2.85. The van der Waals surface area contributed by atoms with Gasteiger partial charge in [0.1, 0.15) is 0 Å². The van der Waals surface area contributed by atoms with Crippen LogP contribution in [-0.4, -0.2) is 24.4 Å². The summed E-state index contributed by atoms with van der Waals surface area (Å²) in [5, 5.41) is 7.71. The number of hydrogen-bond acceptors (Lipinski definition) is 5. The lowest BCUT2D eigenvalue weighted by atomic mass is 10.1. The number of aromatic nitrogens is 1. The molecular formula is C14H13N3O3S. The number of nitrogens with zero attached hydrogens (tertiary/aromatic N) is 1. The molecule has 1 aromatic heterocycles. The normalized spacial score (nSPS) is 12.0. The molecule has 6 nitrogen and oxygen atoms in total. The van der Waals surface area contributed by atoms with Gasteiger partial charge in [-0.25, -0.2) is 9.78 Å². The highest BCUT2D eigenvalue weighted by atomic mass is 32.1. The Morgan fingerprint density at radius 1 is 1.43 bits per heavy atom. The molecule has 2 aromatic rings. The van der Waals surface area contributed by atoms with Crippen molar-refractivity contribution >= 4 is 22.5 Å². The molecule has 2 amide bonds. The van der Waals surface area contributed by atoms with Gasteiger partial charge in [0.2, 0.25) is 6.79 Å². The summed E-state index contributed by atoms with van der Waals surface area (Å²) in [5.41, 5.74) is 1.69. The zero-order valence-electron chi connectivity index (χ0n) is 11.1. The summed E-state index contributed by atoms with van der Waals surface area (Å²) in [6.45, 7) is 4.19. The van der Waals surface area contributed by atoms with Crippen molar-refractivity contribution in [1.82, 2.24) is 10.3 Å². The van der Waals surface area contributed by atoms with Crippen LogP contribution in [0.1, 0.15) is 0 Å². The molecule has 0 spiro atoms.